The molecule has 5 rings (SSSR count). The second-order valence-corrected chi connectivity index (χ2v) is 8.73. The molecule has 0 spiro atoms. The molecule has 1 unspecified atom stereocenters. The lowest BCUT2D eigenvalue weighted by Crippen LogP contribution is -2.52. The summed E-state index contributed by atoms with van der Waals surface area (Å²) in [6, 6.07) is 2.19. The summed E-state index contributed by atoms with van der Waals surface area (Å²) in [7, 11) is 1.36. The maximum Gasteiger partial charge on any atom is 0.490 e. The van der Waals surface area contributed by atoms with E-state index in [1.165, 1.54) is 30.6 Å². The number of fused-ring (bicyclic) bond motifs is 1. The van der Waals surface area contributed by atoms with E-state index in [0.717, 1.165) is 36.3 Å². The minimum atomic E-state index is -5.08. The van der Waals surface area contributed by atoms with Gasteiger partial charge in [0.05, 0.1) is 11.9 Å². The normalized spacial score (nSPS) is 18.2. The smallest absolute Gasteiger partial charge is 0.475 e. The maximum absolute atomic E-state index is 13.2. The molecule has 38 heavy (non-hydrogen) atoms. The van der Waals surface area contributed by atoms with Crippen LogP contribution in [0.2, 0.25) is 0 Å². The quantitative estimate of drug-likeness (QED) is 0.425. The summed E-state index contributed by atoms with van der Waals surface area (Å²) in [5, 5.41) is 20.4. The van der Waals surface area contributed by atoms with Crippen molar-refractivity contribution in [1.82, 2.24) is 29.7 Å². The molecule has 1 aliphatic carbocycles. The van der Waals surface area contributed by atoms with Gasteiger partial charge in [-0.1, -0.05) is 0 Å². The van der Waals surface area contributed by atoms with Crippen LogP contribution in [0.3, 0.4) is 0 Å². The van der Waals surface area contributed by atoms with Crippen LogP contribution in [0.5, 0.6) is 0 Å². The molecular formula is C21H22F6N8O3. The zero-order chi connectivity index (χ0) is 27.8. The highest BCUT2D eigenvalue weighted by Gasteiger charge is 2.39. The van der Waals surface area contributed by atoms with Gasteiger partial charge < -0.3 is 20.6 Å². The third kappa shape index (κ3) is 5.98. The van der Waals surface area contributed by atoms with E-state index in [0.29, 0.717) is 17.6 Å². The molecule has 1 amide bonds. The van der Waals surface area contributed by atoms with Crippen molar-refractivity contribution in [2.75, 3.05) is 29.9 Å². The van der Waals surface area contributed by atoms with Crippen LogP contribution in [-0.2, 0) is 18.0 Å². The summed E-state index contributed by atoms with van der Waals surface area (Å²) >= 11 is 0. The first-order chi connectivity index (χ1) is 17.8. The zero-order valence-electron chi connectivity index (χ0n) is 19.7. The minimum absolute atomic E-state index is 0.0944. The van der Waals surface area contributed by atoms with Gasteiger partial charge in [0.15, 0.2) is 11.3 Å². The summed E-state index contributed by atoms with van der Waals surface area (Å²) in [4.78, 5) is 28.6. The van der Waals surface area contributed by atoms with Gasteiger partial charge >= 0.3 is 18.3 Å². The number of nitrogens with one attached hydrogen (secondary N) is 2. The molecule has 1 aliphatic heterocycles. The van der Waals surface area contributed by atoms with Gasteiger partial charge in [-0.25, -0.2) is 14.3 Å². The molecule has 1 saturated heterocycles. The predicted octanol–water partition coefficient (Wildman–Crippen LogP) is 2.56. The number of piperazine rings is 1. The lowest BCUT2D eigenvalue weighted by Gasteiger charge is -2.37. The molecule has 1 saturated carbocycles. The first kappa shape index (κ1) is 27.2. The molecule has 3 aromatic heterocycles. The monoisotopic (exact) mass is 548 g/mol. The van der Waals surface area contributed by atoms with E-state index < -0.39 is 35.6 Å². The maximum atomic E-state index is 13.2. The number of aryl methyl sites for hydroxylation is 1. The molecule has 3 N–H and O–H groups in total. The average molecular weight is 548 g/mol. The fourth-order valence-electron chi connectivity index (χ4n) is 4.07. The standard InChI is InChI=1S/C19H21F3N8O.C2HF3O2/c1-28-10-13(16(27-28)19(20,21)22)25-18(31)12-8-24-30-6-4-15(26-17(12)30)29-7-5-23-9-14(29)11-2-3-11;3-2(4,5)1(6)7/h4,6,8,10-11,14,23H,2-3,5,7,9H2,1H3,(H,25,31);(H,6,7). The Kier molecular flexibility index (Phi) is 7.22. The number of hydrogen-bond acceptors (Lipinski definition) is 7. The number of hydrogen-bond donors (Lipinski definition) is 3. The summed E-state index contributed by atoms with van der Waals surface area (Å²) in [5.74, 6) is -2.12. The number of carboxylic acids is 1. The molecule has 206 valence electrons. The number of anilines is 2. The molecule has 11 nitrogen and oxygen atoms in total. The van der Waals surface area contributed by atoms with E-state index >= 15 is 0 Å². The highest BCUT2D eigenvalue weighted by Crippen LogP contribution is 2.37. The van der Waals surface area contributed by atoms with Crippen LogP contribution in [0.4, 0.5) is 37.8 Å². The summed E-state index contributed by atoms with van der Waals surface area (Å²) < 4.78 is 73.8. The van der Waals surface area contributed by atoms with E-state index in [-0.39, 0.29) is 5.56 Å². The van der Waals surface area contributed by atoms with Gasteiger partial charge in [-0.2, -0.15) is 36.5 Å². The van der Waals surface area contributed by atoms with Gasteiger partial charge in [0, 0.05) is 45.1 Å². The largest absolute Gasteiger partial charge is 0.490 e. The highest BCUT2D eigenvalue weighted by atomic mass is 19.4. The number of alkyl halides is 6. The minimum Gasteiger partial charge on any atom is -0.475 e. The zero-order valence-corrected chi connectivity index (χ0v) is 19.7. The van der Waals surface area contributed by atoms with Crippen LogP contribution < -0.4 is 15.5 Å². The van der Waals surface area contributed by atoms with Crippen molar-refractivity contribution < 1.29 is 41.0 Å². The van der Waals surface area contributed by atoms with Gasteiger partial charge in [0.2, 0.25) is 0 Å². The second kappa shape index (κ2) is 10.1. The number of carbonyl (C=O) groups excluding carboxylic acids is 1. The van der Waals surface area contributed by atoms with Gasteiger partial charge in [-0.3, -0.25) is 9.48 Å². The Hall–Kier alpha value is -3.89. The number of carbonyl (C=O) groups is 2. The van der Waals surface area contributed by atoms with Crippen LogP contribution in [-0.4, -0.2) is 73.2 Å². The Morgan fingerprint density at radius 3 is 2.47 bits per heavy atom. The van der Waals surface area contributed by atoms with Gasteiger partial charge in [-0.15, -0.1) is 0 Å². The third-order valence-corrected chi connectivity index (χ3v) is 5.93. The Morgan fingerprint density at radius 1 is 1.18 bits per heavy atom. The van der Waals surface area contributed by atoms with E-state index in [4.69, 9.17) is 9.90 Å². The van der Waals surface area contributed by atoms with Crippen LogP contribution in [0, 0.1) is 5.92 Å². The Labute approximate surface area is 210 Å². The van der Waals surface area contributed by atoms with Crippen molar-refractivity contribution in [3.63, 3.8) is 0 Å². The van der Waals surface area contributed by atoms with E-state index in [9.17, 15) is 31.1 Å². The Bertz CT molecular complexity index is 1330. The van der Waals surface area contributed by atoms with Crippen LogP contribution >= 0.6 is 0 Å². The summed E-state index contributed by atoms with van der Waals surface area (Å²) in [5.41, 5.74) is -1.18. The molecule has 0 bridgehead atoms. The first-order valence-electron chi connectivity index (χ1n) is 11.3. The van der Waals surface area contributed by atoms with Gasteiger partial charge in [0.1, 0.15) is 11.4 Å². The molecule has 1 atom stereocenters. The van der Waals surface area contributed by atoms with Crippen molar-refractivity contribution in [3.05, 3.63) is 35.9 Å². The van der Waals surface area contributed by atoms with E-state index in [1.54, 1.807) is 6.20 Å². The first-order valence-corrected chi connectivity index (χ1v) is 11.3. The number of amides is 1. The Balaban J connectivity index is 0.000000426. The average Bonchev–Trinajstić information content (AvgIpc) is 3.48. The van der Waals surface area contributed by atoms with Crippen molar-refractivity contribution in [3.8, 4) is 0 Å². The molecule has 2 fully saturated rings. The molecule has 3 aromatic rings. The Morgan fingerprint density at radius 2 is 1.87 bits per heavy atom. The van der Waals surface area contributed by atoms with Crippen LogP contribution in [0.15, 0.2) is 24.7 Å². The number of nitrogens with zero attached hydrogens (tertiary/aromatic N) is 6. The number of rotatable bonds is 4. The van der Waals surface area contributed by atoms with Crippen molar-refractivity contribution in [2.24, 2.45) is 13.0 Å². The third-order valence-electron chi connectivity index (χ3n) is 5.93. The lowest BCUT2D eigenvalue weighted by molar-refractivity contribution is -0.192. The fraction of sp³-hybridized carbons (Fsp3) is 0.476. The molecule has 0 radical (unpaired) electrons. The van der Waals surface area contributed by atoms with Crippen molar-refractivity contribution >= 4 is 29.0 Å². The highest BCUT2D eigenvalue weighted by molar-refractivity contribution is 6.08. The van der Waals surface area contributed by atoms with Gasteiger partial charge in [-0.05, 0) is 24.8 Å². The topological polar surface area (TPSA) is 130 Å². The number of aliphatic carboxylic acids is 1. The molecule has 4 heterocycles. The van der Waals surface area contributed by atoms with Crippen molar-refractivity contribution in [1.29, 1.82) is 0 Å². The lowest BCUT2D eigenvalue weighted by atomic mass is 10.1. The van der Waals surface area contributed by atoms with E-state index in [1.807, 2.05) is 6.07 Å². The van der Waals surface area contributed by atoms with Crippen LogP contribution in [0.1, 0.15) is 28.9 Å². The second-order valence-electron chi connectivity index (χ2n) is 8.73. The van der Waals surface area contributed by atoms with Crippen LogP contribution in [0.25, 0.3) is 5.65 Å². The molecule has 2 aliphatic rings. The summed E-state index contributed by atoms with van der Waals surface area (Å²) in [6.45, 7) is 2.51. The molecular weight excluding hydrogens is 526 g/mol. The predicted molar refractivity (Wildman–Crippen MR) is 120 cm³/mol. The number of aromatic nitrogens is 5. The SMILES string of the molecule is Cn1cc(NC(=O)c2cnn3ccc(N4CCNCC4C4CC4)nc23)c(C(F)(F)F)n1.O=C(O)C(F)(F)F. The van der Waals surface area contributed by atoms with E-state index in [2.05, 4.69) is 30.7 Å². The molecule has 17 heteroatoms. The molecule has 0 aromatic carbocycles. The fourth-order valence-corrected chi connectivity index (χ4v) is 4.07. The van der Waals surface area contributed by atoms with Gasteiger partial charge in [0.25, 0.3) is 5.91 Å². The number of halogens is 6. The number of carboxylic acid groups (broad SMARTS) is 1. The summed E-state index contributed by atoms with van der Waals surface area (Å²) in [6.07, 6.45) is -3.24. The van der Waals surface area contributed by atoms with Crippen molar-refractivity contribution in [2.45, 2.75) is 31.2 Å².